The normalized spacial score (nSPS) is 17.0. The number of ether oxygens (including phenoxy) is 1. The van der Waals surface area contributed by atoms with Gasteiger partial charge in [0.25, 0.3) is 0 Å². The van der Waals surface area contributed by atoms with E-state index in [0.29, 0.717) is 17.1 Å². The van der Waals surface area contributed by atoms with E-state index in [-0.39, 0.29) is 6.54 Å². The van der Waals surface area contributed by atoms with Gasteiger partial charge in [-0.05, 0) is 24.3 Å². The van der Waals surface area contributed by atoms with Gasteiger partial charge in [-0.25, -0.2) is 0 Å². The standard InChI is InChI=1S/C18H16N2O4/c1-24-14-9-5-6-12(10-14)19-17(22)16-15(21)11-20(18(16)23)13-7-3-2-4-8-13/h2-10,16H,11H2,1H3,(H,19,22)/t16-/m1/s1. The quantitative estimate of drug-likeness (QED) is 0.871. The first-order valence-corrected chi connectivity index (χ1v) is 7.44. The predicted octanol–water partition coefficient (Wildman–Crippen LogP) is 1.87. The first-order chi connectivity index (χ1) is 11.6. The molecule has 6 heteroatoms. The number of anilines is 2. The number of nitrogens with zero attached hydrogens (tertiary/aromatic N) is 1. The second kappa shape index (κ2) is 6.54. The lowest BCUT2D eigenvalue weighted by Gasteiger charge is -2.15. The highest BCUT2D eigenvalue weighted by Gasteiger charge is 2.44. The monoisotopic (exact) mass is 324 g/mol. The lowest BCUT2D eigenvalue weighted by atomic mass is 10.1. The number of carbonyl (C=O) groups excluding carboxylic acids is 3. The second-order valence-electron chi connectivity index (χ2n) is 5.38. The molecule has 2 aromatic rings. The van der Waals surface area contributed by atoms with E-state index in [0.717, 1.165) is 0 Å². The molecule has 0 aliphatic carbocycles. The Balaban J connectivity index is 1.77. The van der Waals surface area contributed by atoms with Crippen molar-refractivity contribution >= 4 is 29.0 Å². The van der Waals surface area contributed by atoms with Gasteiger partial charge in [-0.15, -0.1) is 0 Å². The fraction of sp³-hybridized carbons (Fsp3) is 0.167. The van der Waals surface area contributed by atoms with E-state index < -0.39 is 23.5 Å². The molecule has 24 heavy (non-hydrogen) atoms. The maximum atomic E-state index is 12.5. The molecule has 1 N–H and O–H groups in total. The number of benzene rings is 2. The number of para-hydroxylation sites is 1. The molecule has 0 aromatic heterocycles. The van der Waals surface area contributed by atoms with Crippen LogP contribution in [0.4, 0.5) is 11.4 Å². The number of hydrogen-bond donors (Lipinski definition) is 1. The average molecular weight is 324 g/mol. The maximum absolute atomic E-state index is 12.5. The summed E-state index contributed by atoms with van der Waals surface area (Å²) in [6, 6.07) is 15.6. The fourth-order valence-corrected chi connectivity index (χ4v) is 2.62. The van der Waals surface area contributed by atoms with Crippen molar-refractivity contribution in [3.8, 4) is 5.75 Å². The van der Waals surface area contributed by atoms with Gasteiger partial charge in [-0.1, -0.05) is 24.3 Å². The number of methoxy groups -OCH3 is 1. The molecule has 2 aromatic carbocycles. The number of rotatable bonds is 4. The Morgan fingerprint density at radius 3 is 2.58 bits per heavy atom. The lowest BCUT2D eigenvalue weighted by molar-refractivity contribution is -0.134. The van der Waals surface area contributed by atoms with Gasteiger partial charge in [0.05, 0.1) is 13.7 Å². The molecule has 1 aliphatic heterocycles. The Labute approximate surface area is 139 Å². The van der Waals surface area contributed by atoms with E-state index in [2.05, 4.69) is 5.32 Å². The van der Waals surface area contributed by atoms with Gasteiger partial charge in [0.15, 0.2) is 11.7 Å². The summed E-state index contributed by atoms with van der Waals surface area (Å²) in [6.45, 7) is -0.0982. The van der Waals surface area contributed by atoms with E-state index in [4.69, 9.17) is 4.74 Å². The van der Waals surface area contributed by atoms with Crippen LogP contribution in [0.3, 0.4) is 0 Å². The Hall–Kier alpha value is -3.15. The molecule has 1 saturated heterocycles. The Morgan fingerprint density at radius 1 is 1.12 bits per heavy atom. The minimum atomic E-state index is -1.32. The Morgan fingerprint density at radius 2 is 1.88 bits per heavy atom. The van der Waals surface area contributed by atoms with Crippen LogP contribution in [0.2, 0.25) is 0 Å². The number of nitrogens with one attached hydrogen (secondary N) is 1. The van der Waals surface area contributed by atoms with Gasteiger partial charge in [-0.3, -0.25) is 14.4 Å². The molecule has 6 nitrogen and oxygen atoms in total. The third kappa shape index (κ3) is 2.99. The van der Waals surface area contributed by atoms with E-state index in [9.17, 15) is 14.4 Å². The topological polar surface area (TPSA) is 75.7 Å². The van der Waals surface area contributed by atoms with Gasteiger partial charge in [0.1, 0.15) is 5.75 Å². The summed E-state index contributed by atoms with van der Waals surface area (Å²) in [7, 11) is 1.52. The van der Waals surface area contributed by atoms with Gasteiger partial charge < -0.3 is 15.0 Å². The lowest BCUT2D eigenvalue weighted by Crippen LogP contribution is -2.34. The molecule has 1 aliphatic rings. The zero-order valence-corrected chi connectivity index (χ0v) is 13.1. The first-order valence-electron chi connectivity index (χ1n) is 7.44. The van der Waals surface area contributed by atoms with Crippen molar-refractivity contribution in [2.24, 2.45) is 5.92 Å². The van der Waals surface area contributed by atoms with Crippen molar-refractivity contribution in [2.75, 3.05) is 23.9 Å². The fourth-order valence-electron chi connectivity index (χ4n) is 2.62. The minimum Gasteiger partial charge on any atom is -0.497 e. The average Bonchev–Trinajstić information content (AvgIpc) is 2.90. The summed E-state index contributed by atoms with van der Waals surface area (Å²) >= 11 is 0. The molecule has 0 bridgehead atoms. The van der Waals surface area contributed by atoms with Crippen molar-refractivity contribution in [1.82, 2.24) is 0 Å². The predicted molar refractivity (Wildman–Crippen MR) is 88.9 cm³/mol. The van der Waals surface area contributed by atoms with Crippen LogP contribution in [-0.2, 0) is 14.4 Å². The van der Waals surface area contributed by atoms with Crippen molar-refractivity contribution < 1.29 is 19.1 Å². The summed E-state index contributed by atoms with van der Waals surface area (Å²) in [6.07, 6.45) is 0. The molecule has 0 radical (unpaired) electrons. The molecule has 1 heterocycles. The highest BCUT2D eigenvalue weighted by molar-refractivity contribution is 6.30. The largest absolute Gasteiger partial charge is 0.497 e. The van der Waals surface area contributed by atoms with Crippen LogP contribution in [0.1, 0.15) is 0 Å². The van der Waals surface area contributed by atoms with Gasteiger partial charge in [0.2, 0.25) is 11.8 Å². The first kappa shape index (κ1) is 15.7. The molecule has 1 fully saturated rings. The van der Waals surface area contributed by atoms with Crippen LogP contribution in [-0.4, -0.2) is 31.3 Å². The van der Waals surface area contributed by atoms with Crippen LogP contribution >= 0.6 is 0 Å². The van der Waals surface area contributed by atoms with Gasteiger partial charge in [0, 0.05) is 17.4 Å². The molecule has 0 saturated carbocycles. The van der Waals surface area contributed by atoms with Crippen molar-refractivity contribution in [3.63, 3.8) is 0 Å². The van der Waals surface area contributed by atoms with Crippen LogP contribution in [0.5, 0.6) is 5.75 Å². The van der Waals surface area contributed by atoms with Gasteiger partial charge in [-0.2, -0.15) is 0 Å². The van der Waals surface area contributed by atoms with Crippen molar-refractivity contribution in [3.05, 3.63) is 54.6 Å². The van der Waals surface area contributed by atoms with E-state index in [1.54, 1.807) is 48.5 Å². The molecule has 0 spiro atoms. The van der Waals surface area contributed by atoms with Crippen molar-refractivity contribution in [1.29, 1.82) is 0 Å². The van der Waals surface area contributed by atoms with E-state index >= 15 is 0 Å². The minimum absolute atomic E-state index is 0.0982. The number of amides is 2. The molecule has 2 amide bonds. The number of ketones is 1. The zero-order chi connectivity index (χ0) is 17.1. The van der Waals surface area contributed by atoms with E-state index in [1.165, 1.54) is 12.0 Å². The van der Waals surface area contributed by atoms with Crippen LogP contribution in [0, 0.1) is 5.92 Å². The highest BCUT2D eigenvalue weighted by Crippen LogP contribution is 2.24. The SMILES string of the molecule is COc1cccc(NC(=O)[C@H]2C(=O)CN(c3ccccc3)C2=O)c1. The van der Waals surface area contributed by atoms with Gasteiger partial charge >= 0.3 is 0 Å². The summed E-state index contributed by atoms with van der Waals surface area (Å²) in [5, 5.41) is 2.60. The summed E-state index contributed by atoms with van der Waals surface area (Å²) in [5.41, 5.74) is 1.07. The molecule has 122 valence electrons. The number of carbonyl (C=O) groups is 3. The van der Waals surface area contributed by atoms with Crippen LogP contribution in [0.25, 0.3) is 0 Å². The summed E-state index contributed by atoms with van der Waals surface area (Å²) in [4.78, 5) is 38.4. The number of Topliss-reactive ketones (excluding diaryl/α,β-unsaturated/α-hetero) is 1. The maximum Gasteiger partial charge on any atom is 0.247 e. The third-order valence-electron chi connectivity index (χ3n) is 3.82. The van der Waals surface area contributed by atoms with Crippen LogP contribution < -0.4 is 15.0 Å². The highest BCUT2D eigenvalue weighted by atomic mass is 16.5. The summed E-state index contributed by atoms with van der Waals surface area (Å²) < 4.78 is 5.09. The second-order valence-corrected chi connectivity index (χ2v) is 5.38. The third-order valence-corrected chi connectivity index (χ3v) is 3.82. The number of hydrogen-bond acceptors (Lipinski definition) is 4. The molecule has 0 unspecified atom stereocenters. The smallest absolute Gasteiger partial charge is 0.247 e. The van der Waals surface area contributed by atoms with E-state index in [1.807, 2.05) is 6.07 Å². The Bertz CT molecular complexity index is 789. The molecular weight excluding hydrogens is 308 g/mol. The van der Waals surface area contributed by atoms with Crippen molar-refractivity contribution in [2.45, 2.75) is 0 Å². The molecular formula is C18H16N2O4. The van der Waals surface area contributed by atoms with Crippen LogP contribution in [0.15, 0.2) is 54.6 Å². The summed E-state index contributed by atoms with van der Waals surface area (Å²) in [5.74, 6) is -2.30. The Kier molecular flexibility index (Phi) is 4.29. The molecule has 1 atom stereocenters. The molecule has 3 rings (SSSR count). The zero-order valence-electron chi connectivity index (χ0n) is 13.1.